The molecule has 0 fully saturated rings. The van der Waals surface area contributed by atoms with Crippen molar-refractivity contribution in [2.75, 3.05) is 5.32 Å². The number of aromatic nitrogens is 2. The van der Waals surface area contributed by atoms with Gasteiger partial charge in [0.15, 0.2) is 5.13 Å². The van der Waals surface area contributed by atoms with Crippen LogP contribution in [0.2, 0.25) is 5.02 Å². The molecule has 4 nitrogen and oxygen atoms in total. The number of fused-ring (bicyclic) bond motifs is 2. The minimum atomic E-state index is -0.194. The van der Waals surface area contributed by atoms with Crippen molar-refractivity contribution >= 4 is 55.1 Å². The summed E-state index contributed by atoms with van der Waals surface area (Å²) in [7, 11) is 1.86. The lowest BCUT2D eigenvalue weighted by atomic mass is 10.2. The number of carbonyl (C=O) groups excluding carboxylic acids is 1. The first-order valence-electron chi connectivity index (χ1n) is 7.45. The lowest BCUT2D eigenvalue weighted by molar-refractivity contribution is 0.102. The molecular weight excluding hydrogens is 342 g/mol. The van der Waals surface area contributed by atoms with Crippen molar-refractivity contribution in [3.63, 3.8) is 0 Å². The Hall–Kier alpha value is -2.37. The summed E-state index contributed by atoms with van der Waals surface area (Å²) in [5.74, 6) is -0.194. The van der Waals surface area contributed by atoms with Gasteiger partial charge in [-0.05, 0) is 42.8 Å². The van der Waals surface area contributed by atoms with E-state index >= 15 is 0 Å². The van der Waals surface area contributed by atoms with Crippen LogP contribution in [0.25, 0.3) is 21.1 Å². The fraction of sp³-hybridized carbons (Fsp3) is 0.111. The van der Waals surface area contributed by atoms with Gasteiger partial charge in [-0.2, -0.15) is 0 Å². The fourth-order valence-corrected chi connectivity index (χ4v) is 3.97. The maximum Gasteiger partial charge on any atom is 0.274 e. The highest BCUT2D eigenvalue weighted by molar-refractivity contribution is 7.22. The third-order valence-corrected chi connectivity index (χ3v) is 5.29. The van der Waals surface area contributed by atoms with Crippen molar-refractivity contribution in [2.45, 2.75) is 6.92 Å². The maximum atomic E-state index is 12.7. The molecular formula is C18H14ClN3OS. The largest absolute Gasteiger partial charge is 0.340 e. The second-order valence-electron chi connectivity index (χ2n) is 5.71. The smallest absolute Gasteiger partial charge is 0.274 e. The molecule has 6 heteroatoms. The summed E-state index contributed by atoms with van der Waals surface area (Å²) < 4.78 is 2.90. The highest BCUT2D eigenvalue weighted by Crippen LogP contribution is 2.29. The van der Waals surface area contributed by atoms with E-state index in [2.05, 4.69) is 16.4 Å². The van der Waals surface area contributed by atoms with Crippen molar-refractivity contribution in [3.05, 3.63) is 58.7 Å². The van der Waals surface area contributed by atoms with E-state index in [0.717, 1.165) is 21.1 Å². The zero-order valence-corrected chi connectivity index (χ0v) is 14.7. The molecule has 4 rings (SSSR count). The molecule has 0 saturated carbocycles. The lowest BCUT2D eigenvalue weighted by Crippen LogP contribution is -2.15. The van der Waals surface area contributed by atoms with E-state index in [9.17, 15) is 4.79 Å². The summed E-state index contributed by atoms with van der Waals surface area (Å²) in [5, 5.41) is 4.99. The predicted molar refractivity (Wildman–Crippen MR) is 100 cm³/mol. The molecule has 120 valence electrons. The van der Waals surface area contributed by atoms with Crippen LogP contribution in [0.4, 0.5) is 5.13 Å². The molecule has 0 saturated heterocycles. The molecule has 0 spiro atoms. The molecule has 2 heterocycles. The van der Waals surface area contributed by atoms with Gasteiger partial charge in [0, 0.05) is 23.0 Å². The van der Waals surface area contributed by atoms with Crippen LogP contribution in [0.3, 0.4) is 0 Å². The first-order valence-corrected chi connectivity index (χ1v) is 8.65. The number of hydrogen-bond donors (Lipinski definition) is 1. The number of halogens is 1. The van der Waals surface area contributed by atoms with Gasteiger partial charge in [0.25, 0.3) is 5.91 Å². The van der Waals surface area contributed by atoms with Gasteiger partial charge in [-0.25, -0.2) is 4.98 Å². The number of nitrogens with one attached hydrogen (secondary N) is 1. The average molecular weight is 356 g/mol. The monoisotopic (exact) mass is 355 g/mol. The molecule has 1 N–H and O–H groups in total. The molecule has 0 unspecified atom stereocenters. The van der Waals surface area contributed by atoms with E-state index in [-0.39, 0.29) is 5.91 Å². The van der Waals surface area contributed by atoms with Crippen LogP contribution in [0.1, 0.15) is 16.1 Å². The van der Waals surface area contributed by atoms with Gasteiger partial charge in [-0.3, -0.25) is 10.1 Å². The molecule has 24 heavy (non-hydrogen) atoms. The Morgan fingerprint density at radius 2 is 2.08 bits per heavy atom. The number of nitrogens with zero attached hydrogens (tertiary/aromatic N) is 2. The molecule has 1 amide bonds. The van der Waals surface area contributed by atoms with Gasteiger partial charge in [-0.15, -0.1) is 0 Å². The number of rotatable bonds is 2. The van der Waals surface area contributed by atoms with E-state index in [1.54, 1.807) is 0 Å². The van der Waals surface area contributed by atoms with Crippen molar-refractivity contribution < 1.29 is 4.79 Å². The number of hydrogen-bond acceptors (Lipinski definition) is 3. The normalized spacial score (nSPS) is 11.3. The molecule has 2 aromatic heterocycles. The summed E-state index contributed by atoms with van der Waals surface area (Å²) in [6.07, 6.45) is 0. The minimum absolute atomic E-state index is 0.194. The van der Waals surface area contributed by atoms with Crippen LogP contribution in [0.5, 0.6) is 0 Å². The number of aryl methyl sites for hydroxylation is 2. The predicted octanol–water partition coefficient (Wildman–Crippen LogP) is 5.00. The van der Waals surface area contributed by atoms with E-state index in [1.807, 2.05) is 54.9 Å². The van der Waals surface area contributed by atoms with Crippen LogP contribution in [-0.4, -0.2) is 15.5 Å². The number of anilines is 1. The van der Waals surface area contributed by atoms with E-state index < -0.39 is 0 Å². The molecule has 0 bridgehead atoms. The highest BCUT2D eigenvalue weighted by Gasteiger charge is 2.16. The summed E-state index contributed by atoms with van der Waals surface area (Å²) >= 11 is 7.69. The maximum absolute atomic E-state index is 12.7. The Labute approximate surface area is 147 Å². The fourth-order valence-electron chi connectivity index (χ4n) is 2.79. The summed E-state index contributed by atoms with van der Waals surface area (Å²) in [5.41, 5.74) is 3.54. The van der Waals surface area contributed by atoms with Crippen molar-refractivity contribution in [1.29, 1.82) is 0 Å². The van der Waals surface area contributed by atoms with Gasteiger partial charge >= 0.3 is 0 Å². The summed E-state index contributed by atoms with van der Waals surface area (Å²) in [4.78, 5) is 17.1. The summed E-state index contributed by atoms with van der Waals surface area (Å²) in [6.45, 7) is 2.04. The number of carbonyl (C=O) groups is 1. The zero-order valence-electron chi connectivity index (χ0n) is 13.1. The minimum Gasteiger partial charge on any atom is -0.340 e. The molecule has 0 aliphatic heterocycles. The van der Waals surface area contributed by atoms with E-state index in [1.165, 1.54) is 16.9 Å². The Kier molecular flexibility index (Phi) is 3.55. The van der Waals surface area contributed by atoms with Crippen LogP contribution in [0, 0.1) is 6.92 Å². The third kappa shape index (κ3) is 2.46. The van der Waals surface area contributed by atoms with Gasteiger partial charge in [0.05, 0.1) is 10.2 Å². The molecule has 4 aromatic rings. The Morgan fingerprint density at radius 3 is 2.88 bits per heavy atom. The zero-order chi connectivity index (χ0) is 16.8. The Balaban J connectivity index is 1.70. The molecule has 0 aliphatic carbocycles. The highest BCUT2D eigenvalue weighted by atomic mass is 35.5. The average Bonchev–Trinajstić information content (AvgIpc) is 3.09. The van der Waals surface area contributed by atoms with Crippen LogP contribution >= 0.6 is 22.9 Å². The first-order chi connectivity index (χ1) is 11.5. The lowest BCUT2D eigenvalue weighted by Gasteiger charge is -2.03. The van der Waals surface area contributed by atoms with E-state index in [0.29, 0.717) is 15.8 Å². The van der Waals surface area contributed by atoms with Crippen molar-refractivity contribution in [1.82, 2.24) is 9.55 Å². The molecule has 2 aromatic carbocycles. The number of benzene rings is 2. The second kappa shape index (κ2) is 5.61. The number of thiazole rings is 1. The Morgan fingerprint density at radius 1 is 1.25 bits per heavy atom. The Bertz CT molecular complexity index is 1100. The molecule has 0 radical (unpaired) electrons. The topological polar surface area (TPSA) is 46.9 Å². The van der Waals surface area contributed by atoms with Gasteiger partial charge < -0.3 is 4.57 Å². The van der Waals surface area contributed by atoms with Crippen LogP contribution in [-0.2, 0) is 7.05 Å². The first kappa shape index (κ1) is 15.2. The van der Waals surface area contributed by atoms with Gasteiger partial charge in [0.2, 0.25) is 0 Å². The molecule has 0 atom stereocenters. The van der Waals surface area contributed by atoms with Gasteiger partial charge in [0.1, 0.15) is 5.69 Å². The second-order valence-corrected chi connectivity index (χ2v) is 7.14. The summed E-state index contributed by atoms with van der Waals surface area (Å²) in [6, 6.07) is 13.5. The standard InChI is InChI=1S/C18H14ClN3OS/c1-10-6-7-13-16(8-10)24-18(20-13)21-17(23)15-9-11-12(19)4-3-5-14(11)22(15)2/h3-9H,1-2H3,(H,20,21,23). The van der Waals surface area contributed by atoms with Crippen molar-refractivity contribution in [3.8, 4) is 0 Å². The molecule has 0 aliphatic rings. The van der Waals surface area contributed by atoms with Crippen molar-refractivity contribution in [2.24, 2.45) is 7.05 Å². The van der Waals surface area contributed by atoms with Crippen LogP contribution in [0.15, 0.2) is 42.5 Å². The SMILES string of the molecule is Cc1ccc2nc(NC(=O)c3cc4c(Cl)cccc4n3C)sc2c1. The third-order valence-electron chi connectivity index (χ3n) is 4.03. The van der Waals surface area contributed by atoms with Crippen LogP contribution < -0.4 is 5.32 Å². The van der Waals surface area contributed by atoms with E-state index in [4.69, 9.17) is 11.6 Å². The quantitative estimate of drug-likeness (QED) is 0.550. The number of amides is 1. The van der Waals surface area contributed by atoms with Gasteiger partial charge in [-0.1, -0.05) is 35.1 Å².